The maximum Gasteiger partial charge on any atom is 0.0506 e. The molecule has 0 bridgehead atoms. The van der Waals surface area contributed by atoms with Gasteiger partial charge in [-0.3, -0.25) is 0 Å². The fourth-order valence-electron chi connectivity index (χ4n) is 3.67. The van der Waals surface area contributed by atoms with Crippen molar-refractivity contribution in [2.45, 2.75) is 148 Å². The third-order valence-corrected chi connectivity index (χ3v) is 9.14. The molecule has 0 aliphatic carbocycles. The molecular formula is C23H49Si. The first kappa shape index (κ1) is 24.2. The summed E-state index contributed by atoms with van der Waals surface area (Å²) in [7, 11) is -0.0636. The lowest BCUT2D eigenvalue weighted by Gasteiger charge is -2.19. The van der Waals surface area contributed by atoms with Crippen molar-refractivity contribution >= 4 is 8.80 Å². The molecule has 0 aliphatic rings. The van der Waals surface area contributed by atoms with Crippen LogP contribution in [0.4, 0.5) is 0 Å². The molecule has 0 nitrogen and oxygen atoms in total. The molecule has 0 heterocycles. The van der Waals surface area contributed by atoms with E-state index in [-0.39, 0.29) is 8.80 Å². The van der Waals surface area contributed by atoms with E-state index in [9.17, 15) is 0 Å². The highest BCUT2D eigenvalue weighted by Crippen LogP contribution is 2.23. The quantitative estimate of drug-likeness (QED) is 0.160. The highest BCUT2D eigenvalue weighted by atomic mass is 28.3. The highest BCUT2D eigenvalue weighted by Gasteiger charge is 2.14. The fraction of sp³-hybridized carbons (Fsp3) is 1.00. The molecule has 1 radical (unpaired) electrons. The average Bonchev–Trinajstić information content (AvgIpc) is 2.57. The molecule has 1 heteroatoms. The van der Waals surface area contributed by atoms with E-state index in [4.69, 9.17) is 0 Å². The zero-order chi connectivity index (χ0) is 17.9. The number of hydrogen-bond donors (Lipinski definition) is 0. The standard InChI is InChI=1S/C23H49Si/c1-5-7-9-11-13-15-17-19-21-24(23(3)4)22-20-18-16-14-12-10-8-6-2/h23H,5-22H2,1-4H3. The molecule has 0 aromatic heterocycles. The minimum Gasteiger partial charge on any atom is -0.0654 e. The molecule has 0 atom stereocenters. The van der Waals surface area contributed by atoms with Crippen LogP contribution in [0.25, 0.3) is 0 Å². The second-order valence-electron chi connectivity index (χ2n) is 8.26. The summed E-state index contributed by atoms with van der Waals surface area (Å²) in [5.41, 5.74) is 0.990. The lowest BCUT2D eigenvalue weighted by Crippen LogP contribution is -2.16. The molecule has 0 N–H and O–H groups in total. The van der Waals surface area contributed by atoms with Gasteiger partial charge in [-0.2, -0.15) is 0 Å². The van der Waals surface area contributed by atoms with E-state index in [0.29, 0.717) is 0 Å². The second kappa shape index (κ2) is 19.5. The molecule has 0 fully saturated rings. The van der Waals surface area contributed by atoms with Crippen molar-refractivity contribution < 1.29 is 0 Å². The summed E-state index contributed by atoms with van der Waals surface area (Å²) < 4.78 is 0. The van der Waals surface area contributed by atoms with E-state index in [1.54, 1.807) is 12.1 Å². The Kier molecular flexibility index (Phi) is 19.7. The zero-order valence-corrected chi connectivity index (χ0v) is 18.8. The topological polar surface area (TPSA) is 0 Å². The van der Waals surface area contributed by atoms with Gasteiger partial charge in [-0.25, -0.2) is 0 Å². The predicted octanol–water partition coefficient (Wildman–Crippen LogP) is 9.17. The molecule has 24 heavy (non-hydrogen) atoms. The van der Waals surface area contributed by atoms with Crippen molar-refractivity contribution in [3.8, 4) is 0 Å². The van der Waals surface area contributed by atoms with E-state index in [1.165, 1.54) is 103 Å². The van der Waals surface area contributed by atoms with E-state index in [2.05, 4.69) is 27.7 Å². The Bertz CT molecular complexity index is 204. The summed E-state index contributed by atoms with van der Waals surface area (Å²) in [5, 5.41) is 0. The molecule has 0 aliphatic heterocycles. The van der Waals surface area contributed by atoms with Gasteiger partial charge in [-0.05, 0) is 0 Å². The van der Waals surface area contributed by atoms with Crippen molar-refractivity contribution in [1.82, 2.24) is 0 Å². The summed E-state index contributed by atoms with van der Waals surface area (Å²) in [4.78, 5) is 0. The first-order valence-corrected chi connectivity index (χ1v) is 13.6. The van der Waals surface area contributed by atoms with Crippen LogP contribution in [0.1, 0.15) is 130 Å². The van der Waals surface area contributed by atoms with E-state index < -0.39 is 0 Å². The molecule has 0 unspecified atom stereocenters. The van der Waals surface area contributed by atoms with E-state index in [0.717, 1.165) is 5.54 Å². The SMILES string of the molecule is CCCCCCCCCC[Si](CCCCCCCCCC)C(C)C. The molecule has 0 spiro atoms. The maximum atomic E-state index is 2.49. The summed E-state index contributed by atoms with van der Waals surface area (Å²) in [6.45, 7) is 9.59. The van der Waals surface area contributed by atoms with Crippen LogP contribution in [-0.2, 0) is 0 Å². The minimum absolute atomic E-state index is 0.0636. The van der Waals surface area contributed by atoms with Gasteiger partial charge in [0.2, 0.25) is 0 Å². The minimum atomic E-state index is -0.0636. The van der Waals surface area contributed by atoms with Crippen molar-refractivity contribution in [1.29, 1.82) is 0 Å². The largest absolute Gasteiger partial charge is 0.0654 e. The summed E-state index contributed by atoms with van der Waals surface area (Å²) in [5.74, 6) is 0. The third-order valence-electron chi connectivity index (χ3n) is 5.52. The molecule has 0 saturated carbocycles. The van der Waals surface area contributed by atoms with Gasteiger partial charge in [0.25, 0.3) is 0 Å². The van der Waals surface area contributed by atoms with Gasteiger partial charge >= 0.3 is 0 Å². The summed E-state index contributed by atoms with van der Waals surface area (Å²) in [6.07, 6.45) is 23.6. The highest BCUT2D eigenvalue weighted by molar-refractivity contribution is 6.60. The number of rotatable bonds is 19. The molecule has 0 amide bonds. The van der Waals surface area contributed by atoms with Crippen LogP contribution in [-0.4, -0.2) is 8.80 Å². The molecule has 0 saturated heterocycles. The average molecular weight is 354 g/mol. The predicted molar refractivity (Wildman–Crippen MR) is 116 cm³/mol. The van der Waals surface area contributed by atoms with Crippen LogP contribution in [0.3, 0.4) is 0 Å². The fourth-order valence-corrected chi connectivity index (χ4v) is 6.49. The summed E-state index contributed by atoms with van der Waals surface area (Å²) in [6, 6.07) is 3.18. The van der Waals surface area contributed by atoms with Crippen LogP contribution < -0.4 is 0 Å². The van der Waals surface area contributed by atoms with Crippen molar-refractivity contribution in [3.63, 3.8) is 0 Å². The number of hydrogen-bond acceptors (Lipinski definition) is 0. The normalized spacial score (nSPS) is 11.8. The second-order valence-corrected chi connectivity index (χ2v) is 11.7. The van der Waals surface area contributed by atoms with Gasteiger partial charge in [-0.15, -0.1) is 0 Å². The summed E-state index contributed by atoms with van der Waals surface area (Å²) >= 11 is 0. The lowest BCUT2D eigenvalue weighted by atomic mass is 10.1. The van der Waals surface area contributed by atoms with E-state index in [1.807, 2.05) is 0 Å². The zero-order valence-electron chi connectivity index (χ0n) is 17.8. The molecule has 145 valence electrons. The van der Waals surface area contributed by atoms with Gasteiger partial charge in [0.1, 0.15) is 0 Å². The van der Waals surface area contributed by atoms with Gasteiger partial charge < -0.3 is 0 Å². The van der Waals surface area contributed by atoms with Crippen LogP contribution in [0.5, 0.6) is 0 Å². The van der Waals surface area contributed by atoms with Crippen LogP contribution in [0, 0.1) is 0 Å². The Morgan fingerprint density at radius 1 is 0.458 bits per heavy atom. The Morgan fingerprint density at radius 2 is 0.750 bits per heavy atom. The van der Waals surface area contributed by atoms with Crippen molar-refractivity contribution in [3.05, 3.63) is 0 Å². The first-order valence-electron chi connectivity index (χ1n) is 11.6. The van der Waals surface area contributed by atoms with Crippen molar-refractivity contribution in [2.24, 2.45) is 0 Å². The maximum absolute atomic E-state index is 2.49. The van der Waals surface area contributed by atoms with Gasteiger partial charge in [0, 0.05) is 0 Å². The third kappa shape index (κ3) is 17.1. The van der Waals surface area contributed by atoms with E-state index >= 15 is 0 Å². The van der Waals surface area contributed by atoms with Gasteiger partial charge in [0.05, 0.1) is 8.80 Å². The van der Waals surface area contributed by atoms with Crippen LogP contribution in [0.15, 0.2) is 0 Å². The first-order chi connectivity index (χ1) is 11.7. The monoisotopic (exact) mass is 353 g/mol. The molecule has 0 aromatic carbocycles. The molecule has 0 rings (SSSR count). The lowest BCUT2D eigenvalue weighted by molar-refractivity contribution is 0.580. The van der Waals surface area contributed by atoms with Gasteiger partial charge in [-0.1, -0.05) is 148 Å². The Morgan fingerprint density at radius 3 is 1.04 bits per heavy atom. The molecular weight excluding hydrogens is 304 g/mol. The van der Waals surface area contributed by atoms with Crippen LogP contribution in [0.2, 0.25) is 17.6 Å². The smallest absolute Gasteiger partial charge is 0.0506 e. The van der Waals surface area contributed by atoms with Crippen molar-refractivity contribution in [2.75, 3.05) is 0 Å². The van der Waals surface area contributed by atoms with Crippen LogP contribution >= 0.6 is 0 Å². The molecule has 0 aromatic rings. The van der Waals surface area contributed by atoms with Gasteiger partial charge in [0.15, 0.2) is 0 Å². The Hall–Kier alpha value is 0.217. The Balaban J connectivity index is 3.47. The number of unbranched alkanes of at least 4 members (excludes halogenated alkanes) is 14. The Labute approximate surface area is 157 Å².